The van der Waals surface area contributed by atoms with Crippen molar-refractivity contribution in [2.45, 2.75) is 13.2 Å². The van der Waals surface area contributed by atoms with Gasteiger partial charge in [-0.1, -0.05) is 30.3 Å². The van der Waals surface area contributed by atoms with E-state index in [4.69, 9.17) is 5.26 Å². The van der Waals surface area contributed by atoms with E-state index < -0.39 is 6.61 Å². The zero-order chi connectivity index (χ0) is 14.4. The van der Waals surface area contributed by atoms with Crippen LogP contribution in [0.4, 0.5) is 14.5 Å². The molecule has 0 radical (unpaired) electrons. The van der Waals surface area contributed by atoms with E-state index in [1.165, 1.54) is 6.07 Å². The molecule has 102 valence electrons. The maximum Gasteiger partial charge on any atom is 0.387 e. The summed E-state index contributed by atoms with van der Waals surface area (Å²) in [4.78, 5) is 0. The Morgan fingerprint density at radius 1 is 1.10 bits per heavy atom. The molecular weight excluding hydrogens is 262 g/mol. The van der Waals surface area contributed by atoms with Gasteiger partial charge in [-0.05, 0) is 23.8 Å². The summed E-state index contributed by atoms with van der Waals surface area (Å²) in [5.41, 5.74) is 1.80. The highest BCUT2D eigenvalue weighted by atomic mass is 19.3. The van der Waals surface area contributed by atoms with Crippen molar-refractivity contribution < 1.29 is 13.5 Å². The van der Waals surface area contributed by atoms with Crippen LogP contribution in [0.25, 0.3) is 0 Å². The first-order valence-electron chi connectivity index (χ1n) is 5.96. The van der Waals surface area contributed by atoms with Crippen molar-refractivity contribution in [2.75, 3.05) is 5.32 Å². The van der Waals surface area contributed by atoms with Gasteiger partial charge >= 0.3 is 6.61 Å². The number of halogens is 2. The lowest BCUT2D eigenvalue weighted by Crippen LogP contribution is -2.07. The molecule has 5 heteroatoms. The minimum Gasteiger partial charge on any atom is -0.433 e. The highest BCUT2D eigenvalue weighted by Crippen LogP contribution is 2.26. The summed E-state index contributed by atoms with van der Waals surface area (Å²) in [6.45, 7) is -2.52. The highest BCUT2D eigenvalue weighted by Gasteiger charge is 2.09. The monoisotopic (exact) mass is 274 g/mol. The predicted octanol–water partition coefficient (Wildman–Crippen LogP) is 3.77. The van der Waals surface area contributed by atoms with E-state index >= 15 is 0 Å². The first-order chi connectivity index (χ1) is 9.70. The van der Waals surface area contributed by atoms with Crippen LogP contribution in [-0.2, 0) is 6.54 Å². The van der Waals surface area contributed by atoms with Crippen molar-refractivity contribution in [1.82, 2.24) is 0 Å². The summed E-state index contributed by atoms with van der Waals surface area (Å²) in [5.74, 6) is 0.0805. The van der Waals surface area contributed by atoms with Gasteiger partial charge in [0.05, 0.1) is 17.3 Å². The van der Waals surface area contributed by atoms with Gasteiger partial charge in [-0.15, -0.1) is 0 Å². The Balaban J connectivity index is 2.13. The maximum absolute atomic E-state index is 12.3. The Labute approximate surface area is 115 Å². The minimum atomic E-state index is -2.87. The third-order valence-electron chi connectivity index (χ3n) is 2.71. The van der Waals surface area contributed by atoms with E-state index in [0.29, 0.717) is 17.8 Å². The minimum absolute atomic E-state index is 0.0805. The quantitative estimate of drug-likeness (QED) is 0.902. The lowest BCUT2D eigenvalue weighted by molar-refractivity contribution is -0.0493. The Morgan fingerprint density at radius 2 is 1.80 bits per heavy atom. The molecule has 2 aromatic rings. The van der Waals surface area contributed by atoms with E-state index in [0.717, 1.165) is 5.56 Å². The van der Waals surface area contributed by atoms with Gasteiger partial charge in [0.2, 0.25) is 0 Å². The van der Waals surface area contributed by atoms with E-state index in [-0.39, 0.29) is 5.75 Å². The smallest absolute Gasteiger partial charge is 0.387 e. The molecular formula is C15H12F2N2O. The van der Waals surface area contributed by atoms with Gasteiger partial charge in [0.1, 0.15) is 5.75 Å². The third kappa shape index (κ3) is 3.45. The predicted molar refractivity (Wildman–Crippen MR) is 71.6 cm³/mol. The van der Waals surface area contributed by atoms with Crippen LogP contribution < -0.4 is 10.1 Å². The molecule has 1 N–H and O–H groups in total. The molecule has 3 nitrogen and oxygen atoms in total. The number of alkyl halides is 2. The molecule has 0 amide bonds. The molecule has 0 unspecified atom stereocenters. The molecule has 0 aliphatic rings. The van der Waals surface area contributed by atoms with Crippen molar-refractivity contribution in [2.24, 2.45) is 0 Å². The van der Waals surface area contributed by atoms with Gasteiger partial charge < -0.3 is 10.1 Å². The first kappa shape index (κ1) is 13.8. The second kappa shape index (κ2) is 6.53. The average Bonchev–Trinajstić information content (AvgIpc) is 2.46. The number of para-hydroxylation sites is 2. The maximum atomic E-state index is 12.3. The Morgan fingerprint density at radius 3 is 2.55 bits per heavy atom. The fourth-order valence-corrected chi connectivity index (χ4v) is 1.79. The van der Waals surface area contributed by atoms with Crippen molar-refractivity contribution in [3.05, 3.63) is 59.7 Å². The van der Waals surface area contributed by atoms with E-state index in [1.807, 2.05) is 12.1 Å². The normalized spacial score (nSPS) is 10.1. The SMILES string of the molecule is N#Cc1ccccc1CNc1ccccc1OC(F)F. The van der Waals surface area contributed by atoms with E-state index in [1.54, 1.807) is 30.3 Å². The Bertz CT molecular complexity index is 623. The van der Waals surface area contributed by atoms with Gasteiger partial charge in [-0.3, -0.25) is 0 Å². The zero-order valence-electron chi connectivity index (χ0n) is 10.5. The number of rotatable bonds is 5. The van der Waals surface area contributed by atoms with Crippen LogP contribution >= 0.6 is 0 Å². The lowest BCUT2D eigenvalue weighted by Gasteiger charge is -2.13. The van der Waals surface area contributed by atoms with Gasteiger partial charge in [-0.2, -0.15) is 14.0 Å². The number of anilines is 1. The standard InChI is InChI=1S/C15H12F2N2O/c16-15(17)20-14-8-4-3-7-13(14)19-10-12-6-2-1-5-11(12)9-18/h1-8,15,19H,10H2. The molecule has 0 aliphatic carbocycles. The summed E-state index contributed by atoms with van der Waals surface area (Å²) in [5, 5.41) is 12.0. The molecule has 0 heterocycles. The molecule has 0 aromatic heterocycles. The van der Waals surface area contributed by atoms with Crippen molar-refractivity contribution in [3.63, 3.8) is 0 Å². The second-order valence-electron chi connectivity index (χ2n) is 4.00. The summed E-state index contributed by atoms with van der Waals surface area (Å²) < 4.78 is 29.0. The van der Waals surface area contributed by atoms with Crippen LogP contribution in [0.1, 0.15) is 11.1 Å². The zero-order valence-corrected chi connectivity index (χ0v) is 10.5. The van der Waals surface area contributed by atoms with E-state index in [9.17, 15) is 8.78 Å². The van der Waals surface area contributed by atoms with Crippen LogP contribution in [0.15, 0.2) is 48.5 Å². The van der Waals surface area contributed by atoms with Crippen LogP contribution in [0.5, 0.6) is 5.75 Å². The number of ether oxygens (including phenoxy) is 1. The van der Waals surface area contributed by atoms with Gasteiger partial charge in [0.15, 0.2) is 0 Å². The molecule has 0 saturated carbocycles. The molecule has 0 saturated heterocycles. The molecule has 0 spiro atoms. The number of hydrogen-bond donors (Lipinski definition) is 1. The highest BCUT2D eigenvalue weighted by molar-refractivity contribution is 5.56. The second-order valence-corrected chi connectivity index (χ2v) is 4.00. The molecule has 20 heavy (non-hydrogen) atoms. The fourth-order valence-electron chi connectivity index (χ4n) is 1.79. The molecule has 0 aliphatic heterocycles. The average molecular weight is 274 g/mol. The van der Waals surface area contributed by atoms with Gasteiger partial charge in [0, 0.05) is 6.54 Å². The number of benzene rings is 2. The van der Waals surface area contributed by atoms with Gasteiger partial charge in [0.25, 0.3) is 0 Å². The van der Waals surface area contributed by atoms with Crippen LogP contribution in [-0.4, -0.2) is 6.61 Å². The summed E-state index contributed by atoms with van der Waals surface area (Å²) in [6, 6.07) is 15.6. The molecule has 0 fully saturated rings. The van der Waals surface area contributed by atoms with Crippen molar-refractivity contribution >= 4 is 5.69 Å². The molecule has 2 aromatic carbocycles. The lowest BCUT2D eigenvalue weighted by atomic mass is 10.1. The van der Waals surface area contributed by atoms with Crippen molar-refractivity contribution in [1.29, 1.82) is 5.26 Å². The molecule has 0 bridgehead atoms. The topological polar surface area (TPSA) is 45.0 Å². The molecule has 2 rings (SSSR count). The number of nitriles is 1. The van der Waals surface area contributed by atoms with Crippen LogP contribution in [0, 0.1) is 11.3 Å². The third-order valence-corrected chi connectivity index (χ3v) is 2.71. The summed E-state index contributed by atoms with van der Waals surface area (Å²) in [6.07, 6.45) is 0. The van der Waals surface area contributed by atoms with Gasteiger partial charge in [-0.25, -0.2) is 0 Å². The van der Waals surface area contributed by atoms with Crippen LogP contribution in [0.2, 0.25) is 0 Å². The Hall–Kier alpha value is -2.61. The largest absolute Gasteiger partial charge is 0.433 e. The number of hydrogen-bond acceptors (Lipinski definition) is 3. The summed E-state index contributed by atoms with van der Waals surface area (Å²) in [7, 11) is 0. The van der Waals surface area contributed by atoms with Crippen molar-refractivity contribution in [3.8, 4) is 11.8 Å². The fraction of sp³-hybridized carbons (Fsp3) is 0.133. The molecule has 0 atom stereocenters. The van der Waals surface area contributed by atoms with E-state index in [2.05, 4.69) is 16.1 Å². The number of nitrogens with one attached hydrogen (secondary N) is 1. The van der Waals surface area contributed by atoms with Crippen LogP contribution in [0.3, 0.4) is 0 Å². The number of nitrogens with zero attached hydrogens (tertiary/aromatic N) is 1. The first-order valence-corrected chi connectivity index (χ1v) is 5.96. The summed E-state index contributed by atoms with van der Waals surface area (Å²) >= 11 is 0. The Kier molecular flexibility index (Phi) is 4.51.